The topological polar surface area (TPSA) is 84.9 Å². The predicted molar refractivity (Wildman–Crippen MR) is 123 cm³/mol. The van der Waals surface area contributed by atoms with Crippen LogP contribution in [0.2, 0.25) is 0 Å². The van der Waals surface area contributed by atoms with Crippen LogP contribution in [0.1, 0.15) is 23.6 Å². The molecule has 0 fully saturated rings. The zero-order chi connectivity index (χ0) is 22.9. The molecule has 0 saturated carbocycles. The number of para-hydroxylation sites is 1. The van der Waals surface area contributed by atoms with Crippen LogP contribution >= 0.6 is 0 Å². The second-order valence-corrected chi connectivity index (χ2v) is 9.02. The number of fused-ring (bicyclic) bond motifs is 1. The van der Waals surface area contributed by atoms with Gasteiger partial charge in [0.1, 0.15) is 0 Å². The van der Waals surface area contributed by atoms with E-state index in [1.54, 1.807) is 19.1 Å². The minimum Gasteiger partial charge on any atom is -0.493 e. The van der Waals surface area contributed by atoms with Crippen molar-refractivity contribution < 1.29 is 22.7 Å². The third kappa shape index (κ3) is 3.79. The summed E-state index contributed by atoms with van der Waals surface area (Å²) in [5.41, 5.74) is 3.58. The van der Waals surface area contributed by atoms with E-state index in [4.69, 9.17) is 9.47 Å². The number of ether oxygens (including phenoxy) is 2. The van der Waals surface area contributed by atoms with Crippen LogP contribution in [-0.2, 0) is 14.8 Å². The van der Waals surface area contributed by atoms with E-state index in [1.165, 1.54) is 20.3 Å². The zero-order valence-electron chi connectivity index (χ0n) is 18.3. The number of rotatable bonds is 6. The van der Waals surface area contributed by atoms with Crippen LogP contribution < -0.4 is 19.1 Å². The van der Waals surface area contributed by atoms with Gasteiger partial charge in [0.2, 0.25) is 0 Å². The van der Waals surface area contributed by atoms with Gasteiger partial charge in [-0.1, -0.05) is 24.3 Å². The van der Waals surface area contributed by atoms with E-state index in [9.17, 15) is 13.2 Å². The summed E-state index contributed by atoms with van der Waals surface area (Å²) in [7, 11) is -1.17. The summed E-state index contributed by atoms with van der Waals surface area (Å²) in [4.78, 5) is 13.0. The average Bonchev–Trinajstić information content (AvgIpc) is 2.72. The number of benzene rings is 2. The van der Waals surface area contributed by atoms with Gasteiger partial charge < -0.3 is 14.8 Å². The Hall–Kier alpha value is -3.26. The summed E-state index contributed by atoms with van der Waals surface area (Å²) in [6.07, 6.45) is 1.47. The fourth-order valence-electron chi connectivity index (χ4n) is 3.71. The van der Waals surface area contributed by atoms with Crippen molar-refractivity contribution in [2.75, 3.05) is 30.4 Å². The van der Waals surface area contributed by atoms with Gasteiger partial charge in [-0.25, -0.2) is 8.42 Å². The number of sulfonamides is 1. The Morgan fingerprint density at radius 2 is 1.68 bits per heavy atom. The number of anilines is 2. The predicted octanol–water partition coefficient (Wildman–Crippen LogP) is 4.03. The number of allylic oxidation sites excluding steroid dienone is 1. The van der Waals surface area contributed by atoms with Gasteiger partial charge in [-0.3, -0.25) is 9.10 Å². The molecule has 2 aromatic carbocycles. The molecule has 0 atom stereocenters. The molecule has 0 saturated heterocycles. The molecule has 2 aromatic rings. The number of aryl methyl sites for hydroxylation is 2. The van der Waals surface area contributed by atoms with Gasteiger partial charge >= 0.3 is 0 Å². The van der Waals surface area contributed by atoms with Crippen molar-refractivity contribution in [1.82, 2.24) is 0 Å². The number of carbonyl (C=O) groups is 1. The Labute approximate surface area is 183 Å². The van der Waals surface area contributed by atoms with Gasteiger partial charge in [0.25, 0.3) is 15.9 Å². The maximum absolute atomic E-state index is 13.5. The largest absolute Gasteiger partial charge is 0.493 e. The number of nitrogens with one attached hydrogen (secondary N) is 1. The highest BCUT2D eigenvalue weighted by molar-refractivity contribution is 7.97. The summed E-state index contributed by atoms with van der Waals surface area (Å²) >= 11 is 0. The van der Waals surface area contributed by atoms with Gasteiger partial charge in [0.15, 0.2) is 16.4 Å². The van der Waals surface area contributed by atoms with Crippen molar-refractivity contribution in [1.29, 1.82) is 0 Å². The lowest BCUT2D eigenvalue weighted by atomic mass is 10.0. The SMILES string of the molecule is C=CCN1c2cc(OC)c(OC)cc2C(C)=C(C(=O)Nc2c(C)cccc2C)S1(=O)=O. The van der Waals surface area contributed by atoms with Crippen LogP contribution in [0, 0.1) is 13.8 Å². The van der Waals surface area contributed by atoms with Crippen LogP contribution in [0.5, 0.6) is 11.5 Å². The quantitative estimate of drug-likeness (QED) is 0.683. The molecule has 0 aliphatic carbocycles. The number of nitrogens with zero attached hydrogens (tertiary/aromatic N) is 1. The lowest BCUT2D eigenvalue weighted by molar-refractivity contribution is -0.112. The van der Waals surface area contributed by atoms with E-state index in [0.717, 1.165) is 15.4 Å². The molecule has 0 radical (unpaired) electrons. The molecule has 0 spiro atoms. The maximum atomic E-state index is 13.5. The number of hydrogen-bond acceptors (Lipinski definition) is 5. The summed E-state index contributed by atoms with van der Waals surface area (Å²) in [6.45, 7) is 9.00. The van der Waals surface area contributed by atoms with E-state index in [2.05, 4.69) is 11.9 Å². The van der Waals surface area contributed by atoms with Crippen LogP contribution in [-0.4, -0.2) is 35.1 Å². The highest BCUT2D eigenvalue weighted by Gasteiger charge is 2.40. The Morgan fingerprint density at radius 1 is 1.10 bits per heavy atom. The van der Waals surface area contributed by atoms with Crippen LogP contribution in [0.3, 0.4) is 0 Å². The molecule has 1 heterocycles. The van der Waals surface area contributed by atoms with E-state index in [1.807, 2.05) is 32.0 Å². The molecular weight excluding hydrogens is 416 g/mol. The molecule has 1 N–H and O–H groups in total. The van der Waals surface area contributed by atoms with E-state index in [0.29, 0.717) is 34.0 Å². The van der Waals surface area contributed by atoms with Gasteiger partial charge in [-0.2, -0.15) is 0 Å². The fraction of sp³-hybridized carbons (Fsp3) is 0.261. The van der Waals surface area contributed by atoms with Crippen molar-refractivity contribution in [3.05, 3.63) is 64.6 Å². The molecule has 8 heteroatoms. The van der Waals surface area contributed by atoms with Gasteiger partial charge in [0.05, 0.1) is 26.5 Å². The second kappa shape index (κ2) is 8.47. The summed E-state index contributed by atoms with van der Waals surface area (Å²) in [6, 6.07) is 8.87. The third-order valence-electron chi connectivity index (χ3n) is 5.28. The Balaban J connectivity index is 2.23. The molecule has 3 rings (SSSR count). The summed E-state index contributed by atoms with van der Waals surface area (Å²) < 4.78 is 38.9. The van der Waals surface area contributed by atoms with E-state index >= 15 is 0 Å². The number of amides is 1. The molecule has 0 aromatic heterocycles. The molecule has 7 nitrogen and oxygen atoms in total. The Morgan fingerprint density at radius 3 is 2.23 bits per heavy atom. The first-order valence-electron chi connectivity index (χ1n) is 9.65. The van der Waals surface area contributed by atoms with Crippen molar-refractivity contribution in [2.24, 2.45) is 0 Å². The zero-order valence-corrected chi connectivity index (χ0v) is 19.1. The molecule has 0 unspecified atom stereocenters. The highest BCUT2D eigenvalue weighted by Crippen LogP contribution is 2.45. The standard InChI is InChI=1S/C23H26N2O5S/c1-7-11-25-18-13-20(30-6)19(29-5)12-17(18)16(4)22(31(25,27)28)23(26)24-21-14(2)9-8-10-15(21)3/h7-10,12-13H,1,11H2,2-6H3,(H,24,26). The number of carbonyl (C=O) groups excluding carboxylic acids is 1. The van der Waals surface area contributed by atoms with E-state index < -0.39 is 15.9 Å². The first kappa shape index (κ1) is 22.4. The lowest BCUT2D eigenvalue weighted by Gasteiger charge is -2.32. The molecule has 1 aliphatic rings. The van der Waals surface area contributed by atoms with Crippen molar-refractivity contribution in [3.8, 4) is 11.5 Å². The van der Waals surface area contributed by atoms with E-state index in [-0.39, 0.29) is 11.4 Å². The molecule has 1 amide bonds. The van der Waals surface area contributed by atoms with Crippen molar-refractivity contribution in [2.45, 2.75) is 20.8 Å². The van der Waals surface area contributed by atoms with Crippen LogP contribution in [0.25, 0.3) is 5.57 Å². The van der Waals surface area contributed by atoms with Crippen molar-refractivity contribution >= 4 is 32.9 Å². The molecule has 164 valence electrons. The maximum Gasteiger partial charge on any atom is 0.270 e. The average molecular weight is 443 g/mol. The lowest BCUT2D eigenvalue weighted by Crippen LogP contribution is -2.39. The highest BCUT2D eigenvalue weighted by atomic mass is 32.2. The first-order chi connectivity index (χ1) is 14.7. The molecule has 31 heavy (non-hydrogen) atoms. The minimum atomic E-state index is -4.15. The number of methoxy groups -OCH3 is 2. The second-order valence-electron chi connectivity index (χ2n) is 7.22. The molecule has 1 aliphatic heterocycles. The summed E-state index contributed by atoms with van der Waals surface area (Å²) in [5.74, 6) is 0.138. The van der Waals surface area contributed by atoms with Crippen molar-refractivity contribution in [3.63, 3.8) is 0 Å². The molecular formula is C23H26N2O5S. The third-order valence-corrected chi connectivity index (χ3v) is 7.22. The minimum absolute atomic E-state index is 0.00172. The van der Waals surface area contributed by atoms with Gasteiger partial charge in [-0.05, 0) is 43.5 Å². The van der Waals surface area contributed by atoms with Crippen LogP contribution in [0.4, 0.5) is 11.4 Å². The Bertz CT molecular complexity index is 1180. The first-order valence-corrected chi connectivity index (χ1v) is 11.1. The summed E-state index contributed by atoms with van der Waals surface area (Å²) in [5, 5.41) is 2.79. The number of hydrogen-bond donors (Lipinski definition) is 1. The smallest absolute Gasteiger partial charge is 0.270 e. The molecule has 0 bridgehead atoms. The normalized spacial score (nSPS) is 14.7. The van der Waals surface area contributed by atoms with Gasteiger partial charge in [0, 0.05) is 17.3 Å². The fourth-order valence-corrected chi connectivity index (χ4v) is 5.43. The van der Waals surface area contributed by atoms with Crippen LogP contribution in [0.15, 0.2) is 47.9 Å². The van der Waals surface area contributed by atoms with Gasteiger partial charge in [-0.15, -0.1) is 6.58 Å². The Kier molecular flexibility index (Phi) is 6.13. The monoisotopic (exact) mass is 442 g/mol.